The molecular weight excluding hydrogens is 227 g/mol. The van der Waals surface area contributed by atoms with Crippen LogP contribution in [0.25, 0.3) is 0 Å². The van der Waals surface area contributed by atoms with Crippen molar-refractivity contribution >= 4 is 0 Å². The van der Waals surface area contributed by atoms with Gasteiger partial charge in [0, 0.05) is 12.1 Å². The molecule has 3 heteroatoms. The molecular formula is C15H25FN2. The highest BCUT2D eigenvalue weighted by Crippen LogP contribution is 2.17. The Labute approximate surface area is 110 Å². The molecule has 2 atom stereocenters. The molecule has 18 heavy (non-hydrogen) atoms. The maximum absolute atomic E-state index is 13.1. The lowest BCUT2D eigenvalue weighted by Gasteiger charge is -2.28. The Morgan fingerprint density at radius 2 is 1.94 bits per heavy atom. The molecule has 0 aromatic heterocycles. The Balaban J connectivity index is 2.48. The van der Waals surface area contributed by atoms with E-state index in [0.29, 0.717) is 12.0 Å². The summed E-state index contributed by atoms with van der Waals surface area (Å²) in [6.07, 6.45) is 0.844. The predicted octanol–water partition coefficient (Wildman–Crippen LogP) is 3.19. The van der Waals surface area contributed by atoms with Crippen LogP contribution in [0.2, 0.25) is 0 Å². The lowest BCUT2D eigenvalue weighted by Crippen LogP contribution is -2.35. The number of hydrogen-bond donors (Lipinski definition) is 1. The van der Waals surface area contributed by atoms with Crippen molar-refractivity contribution in [1.29, 1.82) is 0 Å². The van der Waals surface area contributed by atoms with E-state index in [0.717, 1.165) is 18.5 Å². The van der Waals surface area contributed by atoms with Crippen LogP contribution in [0.3, 0.4) is 0 Å². The van der Waals surface area contributed by atoms with Gasteiger partial charge in [-0.3, -0.25) is 0 Å². The van der Waals surface area contributed by atoms with Gasteiger partial charge < -0.3 is 10.6 Å². The van der Waals surface area contributed by atoms with Crippen molar-refractivity contribution in [2.45, 2.75) is 39.3 Å². The molecule has 2 unspecified atom stereocenters. The van der Waals surface area contributed by atoms with Crippen LogP contribution in [-0.2, 0) is 0 Å². The standard InChI is InChI=1S/C15H25FN2/c1-11(2)12(3)18(4)9-8-15(17)13-6-5-7-14(16)10-13/h5-7,10-12,15H,8-9,17H2,1-4H3. The SMILES string of the molecule is CC(C)C(C)N(C)CCC(N)c1cccc(F)c1. The molecule has 0 bridgehead atoms. The van der Waals surface area contributed by atoms with Crippen molar-refractivity contribution in [3.05, 3.63) is 35.6 Å². The maximum Gasteiger partial charge on any atom is 0.123 e. The van der Waals surface area contributed by atoms with E-state index in [9.17, 15) is 4.39 Å². The third kappa shape index (κ3) is 4.39. The summed E-state index contributed by atoms with van der Waals surface area (Å²) in [5, 5.41) is 0. The van der Waals surface area contributed by atoms with Crippen LogP contribution < -0.4 is 5.73 Å². The number of benzene rings is 1. The molecule has 0 aliphatic rings. The summed E-state index contributed by atoms with van der Waals surface area (Å²) >= 11 is 0. The Morgan fingerprint density at radius 3 is 2.50 bits per heavy atom. The molecule has 0 aliphatic carbocycles. The van der Waals surface area contributed by atoms with Crippen LogP contribution >= 0.6 is 0 Å². The van der Waals surface area contributed by atoms with Gasteiger partial charge in [-0.2, -0.15) is 0 Å². The first-order chi connectivity index (χ1) is 8.41. The van der Waals surface area contributed by atoms with Crippen LogP contribution in [0.5, 0.6) is 0 Å². The van der Waals surface area contributed by atoms with Gasteiger partial charge >= 0.3 is 0 Å². The van der Waals surface area contributed by atoms with E-state index in [2.05, 4.69) is 32.7 Å². The van der Waals surface area contributed by atoms with Crippen molar-refractivity contribution in [3.8, 4) is 0 Å². The number of hydrogen-bond acceptors (Lipinski definition) is 2. The van der Waals surface area contributed by atoms with E-state index in [1.165, 1.54) is 12.1 Å². The van der Waals surface area contributed by atoms with E-state index in [1.54, 1.807) is 6.07 Å². The van der Waals surface area contributed by atoms with Gasteiger partial charge in [-0.15, -0.1) is 0 Å². The first-order valence-corrected chi connectivity index (χ1v) is 6.63. The lowest BCUT2D eigenvalue weighted by atomic mass is 10.0. The highest BCUT2D eigenvalue weighted by molar-refractivity contribution is 5.19. The number of nitrogens with two attached hydrogens (primary N) is 1. The summed E-state index contributed by atoms with van der Waals surface area (Å²) < 4.78 is 13.1. The number of nitrogens with zero attached hydrogens (tertiary/aromatic N) is 1. The second-order valence-electron chi connectivity index (χ2n) is 5.42. The lowest BCUT2D eigenvalue weighted by molar-refractivity contribution is 0.202. The molecule has 0 spiro atoms. The first kappa shape index (κ1) is 15.1. The summed E-state index contributed by atoms with van der Waals surface area (Å²) in [5.41, 5.74) is 6.97. The average molecular weight is 252 g/mol. The Kier molecular flexibility index (Phi) is 5.76. The van der Waals surface area contributed by atoms with Crippen molar-refractivity contribution in [2.24, 2.45) is 11.7 Å². The van der Waals surface area contributed by atoms with E-state index in [-0.39, 0.29) is 11.9 Å². The minimum atomic E-state index is -0.216. The predicted molar refractivity (Wildman–Crippen MR) is 74.9 cm³/mol. The van der Waals surface area contributed by atoms with Crippen molar-refractivity contribution in [2.75, 3.05) is 13.6 Å². The van der Waals surface area contributed by atoms with Crippen molar-refractivity contribution in [3.63, 3.8) is 0 Å². The first-order valence-electron chi connectivity index (χ1n) is 6.63. The summed E-state index contributed by atoms with van der Waals surface area (Å²) in [5.74, 6) is 0.409. The molecule has 1 aromatic carbocycles. The fourth-order valence-electron chi connectivity index (χ4n) is 1.96. The van der Waals surface area contributed by atoms with Gasteiger partial charge in [-0.05, 0) is 50.6 Å². The van der Waals surface area contributed by atoms with Gasteiger partial charge in [0.1, 0.15) is 5.82 Å². The van der Waals surface area contributed by atoms with Gasteiger partial charge in [0.25, 0.3) is 0 Å². The molecule has 1 aromatic rings. The third-order valence-corrected chi connectivity index (χ3v) is 3.73. The molecule has 2 N–H and O–H groups in total. The monoisotopic (exact) mass is 252 g/mol. The van der Waals surface area contributed by atoms with Gasteiger partial charge in [0.05, 0.1) is 0 Å². The number of rotatable bonds is 6. The van der Waals surface area contributed by atoms with Crippen molar-refractivity contribution in [1.82, 2.24) is 4.90 Å². The van der Waals surface area contributed by atoms with Crippen LogP contribution in [0.1, 0.15) is 38.8 Å². The normalized spacial score (nSPS) is 15.1. The van der Waals surface area contributed by atoms with Gasteiger partial charge in [0.2, 0.25) is 0 Å². The molecule has 0 amide bonds. The molecule has 2 nitrogen and oxygen atoms in total. The molecule has 0 fully saturated rings. The largest absolute Gasteiger partial charge is 0.324 e. The van der Waals surface area contributed by atoms with Crippen LogP contribution in [0.15, 0.2) is 24.3 Å². The topological polar surface area (TPSA) is 29.3 Å². The zero-order valence-electron chi connectivity index (χ0n) is 11.9. The maximum atomic E-state index is 13.1. The van der Waals surface area contributed by atoms with E-state index >= 15 is 0 Å². The minimum absolute atomic E-state index is 0.0949. The fourth-order valence-corrected chi connectivity index (χ4v) is 1.96. The molecule has 0 aliphatic heterocycles. The van der Waals surface area contributed by atoms with Crippen LogP contribution in [-0.4, -0.2) is 24.5 Å². The van der Waals surface area contributed by atoms with Crippen LogP contribution in [0, 0.1) is 11.7 Å². The summed E-state index contributed by atoms with van der Waals surface area (Å²) in [6, 6.07) is 7.01. The van der Waals surface area contributed by atoms with E-state index < -0.39 is 0 Å². The zero-order chi connectivity index (χ0) is 13.7. The van der Waals surface area contributed by atoms with Gasteiger partial charge in [0.15, 0.2) is 0 Å². The second kappa shape index (κ2) is 6.86. The Bertz CT molecular complexity index is 365. The van der Waals surface area contributed by atoms with E-state index in [1.807, 2.05) is 6.07 Å². The van der Waals surface area contributed by atoms with Gasteiger partial charge in [-0.25, -0.2) is 4.39 Å². The fraction of sp³-hybridized carbons (Fsp3) is 0.600. The molecule has 0 saturated carbocycles. The van der Waals surface area contributed by atoms with E-state index in [4.69, 9.17) is 5.73 Å². The molecule has 0 saturated heterocycles. The van der Waals surface area contributed by atoms with Crippen LogP contribution in [0.4, 0.5) is 4.39 Å². The zero-order valence-corrected chi connectivity index (χ0v) is 11.9. The Morgan fingerprint density at radius 1 is 1.28 bits per heavy atom. The Hall–Kier alpha value is -0.930. The van der Waals surface area contributed by atoms with Gasteiger partial charge in [-0.1, -0.05) is 26.0 Å². The third-order valence-electron chi connectivity index (χ3n) is 3.73. The summed E-state index contributed by atoms with van der Waals surface area (Å²) in [7, 11) is 2.11. The summed E-state index contributed by atoms with van der Waals surface area (Å²) in [4.78, 5) is 2.31. The highest BCUT2D eigenvalue weighted by atomic mass is 19.1. The molecule has 1 rings (SSSR count). The molecule has 102 valence electrons. The second-order valence-corrected chi connectivity index (χ2v) is 5.42. The average Bonchev–Trinajstić information content (AvgIpc) is 2.34. The summed E-state index contributed by atoms with van der Waals surface area (Å²) in [6.45, 7) is 7.58. The number of halogens is 1. The molecule has 0 radical (unpaired) electrons. The highest BCUT2D eigenvalue weighted by Gasteiger charge is 2.14. The quantitative estimate of drug-likeness (QED) is 0.842. The molecule has 0 heterocycles. The minimum Gasteiger partial charge on any atom is -0.324 e. The van der Waals surface area contributed by atoms with Crippen molar-refractivity contribution < 1.29 is 4.39 Å². The smallest absolute Gasteiger partial charge is 0.123 e.